The van der Waals surface area contributed by atoms with Gasteiger partial charge in [-0.05, 0) is 57.2 Å². The Morgan fingerprint density at radius 1 is 1.05 bits per heavy atom. The summed E-state index contributed by atoms with van der Waals surface area (Å²) in [5, 5.41) is 0.430. The zero-order valence-corrected chi connectivity index (χ0v) is 12.7. The number of rotatable bonds is 4. The first kappa shape index (κ1) is 17.3. The van der Waals surface area contributed by atoms with Crippen LogP contribution in [0, 0.1) is 0 Å². The van der Waals surface area contributed by atoms with Crippen molar-refractivity contribution < 1.29 is 26.7 Å². The fourth-order valence-corrected chi connectivity index (χ4v) is 3.21. The Bertz CT molecular complexity index is 483. The summed E-state index contributed by atoms with van der Waals surface area (Å²) in [4.78, 5) is 3.06. The molecule has 22 heavy (non-hydrogen) atoms. The third-order valence-electron chi connectivity index (χ3n) is 3.37. The van der Waals surface area contributed by atoms with E-state index < -0.39 is 18.0 Å². The fraction of sp³-hybridized carbons (Fsp3) is 0.571. The van der Waals surface area contributed by atoms with E-state index in [2.05, 4.69) is 9.64 Å². The maximum atomic E-state index is 12.8. The molecule has 1 aromatic rings. The van der Waals surface area contributed by atoms with Gasteiger partial charge in [0.1, 0.15) is 5.75 Å². The predicted octanol–water partition coefficient (Wildman–Crippen LogP) is 4.41. The highest BCUT2D eigenvalue weighted by molar-refractivity contribution is 8.00. The van der Waals surface area contributed by atoms with Gasteiger partial charge in [0.2, 0.25) is 0 Å². The Labute approximate surface area is 129 Å². The lowest BCUT2D eigenvalue weighted by Crippen LogP contribution is -2.41. The summed E-state index contributed by atoms with van der Waals surface area (Å²) in [5.74, 6) is -0.505. The number of halogens is 5. The number of ether oxygens (including phenoxy) is 1. The molecule has 0 aromatic heterocycles. The van der Waals surface area contributed by atoms with E-state index in [0.717, 1.165) is 43.0 Å². The monoisotopic (exact) mass is 341 g/mol. The Hall–Kier alpha value is -1.02. The number of piperidine rings is 1. The number of likely N-dealkylation sites (tertiary alicyclic amines) is 1. The number of benzene rings is 1. The number of alkyl halides is 5. The highest BCUT2D eigenvalue weighted by atomic mass is 32.2. The van der Waals surface area contributed by atoms with Crippen molar-refractivity contribution >= 4 is 11.8 Å². The summed E-state index contributed by atoms with van der Waals surface area (Å²) >= 11 is 1.61. The van der Waals surface area contributed by atoms with Crippen molar-refractivity contribution in [2.45, 2.75) is 35.3 Å². The van der Waals surface area contributed by atoms with Gasteiger partial charge in [-0.15, -0.1) is 11.8 Å². The summed E-state index contributed by atoms with van der Waals surface area (Å²) < 4.78 is 65.5. The third kappa shape index (κ3) is 4.49. The van der Waals surface area contributed by atoms with E-state index in [1.165, 1.54) is 12.1 Å². The molecule has 0 spiro atoms. The Morgan fingerprint density at radius 2 is 1.59 bits per heavy atom. The molecule has 0 radical (unpaired) electrons. The fourth-order valence-electron chi connectivity index (χ4n) is 2.09. The second-order valence-electron chi connectivity index (χ2n) is 5.21. The minimum Gasteiger partial charge on any atom is -0.426 e. The summed E-state index contributed by atoms with van der Waals surface area (Å²) in [5.41, 5.74) is 0. The first-order valence-electron chi connectivity index (χ1n) is 6.76. The van der Waals surface area contributed by atoms with Crippen LogP contribution in [0.1, 0.15) is 12.8 Å². The van der Waals surface area contributed by atoms with Gasteiger partial charge >= 0.3 is 12.3 Å². The molecule has 0 aliphatic carbocycles. The largest absolute Gasteiger partial charge is 0.499 e. The first-order valence-corrected chi connectivity index (χ1v) is 7.64. The summed E-state index contributed by atoms with van der Waals surface area (Å²) in [7, 11) is 2.05. The molecule has 1 fully saturated rings. The molecule has 124 valence electrons. The number of thioether (sulfide) groups is 1. The van der Waals surface area contributed by atoms with E-state index in [1.54, 1.807) is 11.8 Å². The van der Waals surface area contributed by atoms with Gasteiger partial charge in [-0.25, -0.2) is 0 Å². The maximum absolute atomic E-state index is 12.8. The molecular formula is C14H16F5NOS. The summed E-state index contributed by atoms with van der Waals surface area (Å²) in [6.45, 7) is 1.99. The van der Waals surface area contributed by atoms with Crippen LogP contribution >= 0.6 is 11.8 Å². The molecule has 2 rings (SSSR count). The van der Waals surface area contributed by atoms with Crippen LogP contribution in [0.5, 0.6) is 5.75 Å². The van der Waals surface area contributed by atoms with Crippen molar-refractivity contribution in [3.05, 3.63) is 24.3 Å². The lowest BCUT2D eigenvalue weighted by atomic mass is 10.1. The highest BCUT2D eigenvalue weighted by Gasteiger charge is 2.61. The minimum atomic E-state index is -5.73. The lowest BCUT2D eigenvalue weighted by molar-refractivity contribution is -0.360. The van der Waals surface area contributed by atoms with Crippen LogP contribution in [-0.2, 0) is 0 Å². The van der Waals surface area contributed by atoms with Gasteiger partial charge in [-0.3, -0.25) is 0 Å². The van der Waals surface area contributed by atoms with Crippen LogP contribution in [0.15, 0.2) is 29.2 Å². The van der Waals surface area contributed by atoms with Crippen molar-refractivity contribution in [3.63, 3.8) is 0 Å². The van der Waals surface area contributed by atoms with Crippen molar-refractivity contribution in [2.24, 2.45) is 0 Å². The van der Waals surface area contributed by atoms with Crippen molar-refractivity contribution in [1.82, 2.24) is 4.90 Å². The molecule has 0 bridgehead atoms. The quantitative estimate of drug-likeness (QED) is 0.753. The molecule has 2 nitrogen and oxygen atoms in total. The Balaban J connectivity index is 1.93. The topological polar surface area (TPSA) is 12.5 Å². The van der Waals surface area contributed by atoms with Crippen LogP contribution in [0.3, 0.4) is 0 Å². The highest BCUT2D eigenvalue weighted by Crippen LogP contribution is 2.38. The van der Waals surface area contributed by atoms with E-state index >= 15 is 0 Å². The van der Waals surface area contributed by atoms with Gasteiger partial charge in [0.05, 0.1) is 0 Å². The van der Waals surface area contributed by atoms with Crippen LogP contribution in [-0.4, -0.2) is 42.6 Å². The molecule has 8 heteroatoms. The molecule has 1 heterocycles. The van der Waals surface area contributed by atoms with Crippen LogP contribution < -0.4 is 4.74 Å². The number of hydrogen-bond acceptors (Lipinski definition) is 3. The first-order chi connectivity index (χ1) is 10.2. The van der Waals surface area contributed by atoms with Crippen molar-refractivity contribution in [3.8, 4) is 5.75 Å². The van der Waals surface area contributed by atoms with Gasteiger partial charge in [-0.2, -0.15) is 22.0 Å². The SMILES string of the molecule is CN1CCC(Sc2ccc(OC(F)(F)C(F)(F)F)cc2)CC1. The van der Waals surface area contributed by atoms with Gasteiger partial charge in [0.15, 0.2) is 0 Å². The zero-order valence-electron chi connectivity index (χ0n) is 11.9. The van der Waals surface area contributed by atoms with E-state index in [4.69, 9.17) is 0 Å². The lowest BCUT2D eigenvalue weighted by Gasteiger charge is -2.28. The Morgan fingerprint density at radius 3 is 2.09 bits per heavy atom. The summed E-state index contributed by atoms with van der Waals surface area (Å²) in [6.07, 6.45) is -8.87. The number of hydrogen-bond donors (Lipinski definition) is 0. The van der Waals surface area contributed by atoms with Crippen LogP contribution in [0.4, 0.5) is 22.0 Å². The number of nitrogens with zero attached hydrogens (tertiary/aromatic N) is 1. The molecule has 0 amide bonds. The molecule has 0 atom stereocenters. The Kier molecular flexibility index (Phi) is 5.21. The third-order valence-corrected chi connectivity index (χ3v) is 4.72. The van der Waals surface area contributed by atoms with E-state index in [9.17, 15) is 22.0 Å². The average molecular weight is 341 g/mol. The smallest absolute Gasteiger partial charge is 0.426 e. The van der Waals surface area contributed by atoms with Crippen molar-refractivity contribution in [2.75, 3.05) is 20.1 Å². The molecule has 1 saturated heterocycles. The zero-order chi connectivity index (χ0) is 16.4. The second kappa shape index (κ2) is 6.62. The molecule has 0 N–H and O–H groups in total. The van der Waals surface area contributed by atoms with E-state index in [-0.39, 0.29) is 0 Å². The normalized spacial score (nSPS) is 18.5. The second-order valence-corrected chi connectivity index (χ2v) is 6.58. The maximum Gasteiger partial charge on any atom is 0.499 e. The molecule has 1 aromatic carbocycles. The van der Waals surface area contributed by atoms with E-state index in [0.29, 0.717) is 5.25 Å². The van der Waals surface area contributed by atoms with Gasteiger partial charge in [-0.1, -0.05) is 0 Å². The van der Waals surface area contributed by atoms with Crippen LogP contribution in [0.25, 0.3) is 0 Å². The molecule has 0 saturated carbocycles. The van der Waals surface area contributed by atoms with Gasteiger partial charge < -0.3 is 9.64 Å². The minimum absolute atomic E-state index is 0.430. The van der Waals surface area contributed by atoms with Gasteiger partial charge in [0, 0.05) is 10.1 Å². The molecule has 0 unspecified atom stereocenters. The van der Waals surface area contributed by atoms with E-state index in [1.807, 2.05) is 7.05 Å². The molecular weight excluding hydrogens is 325 g/mol. The van der Waals surface area contributed by atoms with Gasteiger partial charge in [0.25, 0.3) is 0 Å². The predicted molar refractivity (Wildman–Crippen MR) is 74.4 cm³/mol. The average Bonchev–Trinajstić information content (AvgIpc) is 2.42. The standard InChI is InChI=1S/C14H16F5NOS/c1-20-8-6-12(7-9-20)22-11-4-2-10(3-5-11)21-14(18,19)13(15,16)17/h2-5,12H,6-9H2,1H3. The molecule has 1 aliphatic rings. The molecule has 1 aliphatic heterocycles. The van der Waals surface area contributed by atoms with Crippen LogP contribution in [0.2, 0.25) is 0 Å². The van der Waals surface area contributed by atoms with Crippen molar-refractivity contribution in [1.29, 1.82) is 0 Å². The summed E-state index contributed by atoms with van der Waals surface area (Å²) in [6, 6.07) is 5.28.